The van der Waals surface area contributed by atoms with Gasteiger partial charge in [0.15, 0.2) is 5.03 Å². The van der Waals surface area contributed by atoms with Gasteiger partial charge in [0.1, 0.15) is 0 Å². The first-order valence-corrected chi connectivity index (χ1v) is 10.9. The molecule has 161 valence electrons. The van der Waals surface area contributed by atoms with Crippen molar-refractivity contribution in [2.45, 2.75) is 63.2 Å². The Morgan fingerprint density at radius 2 is 2.07 bits per heavy atom. The van der Waals surface area contributed by atoms with Crippen molar-refractivity contribution in [3.8, 4) is 0 Å². The molecule has 2 heterocycles. The van der Waals surface area contributed by atoms with E-state index in [1.54, 1.807) is 19.9 Å². The Bertz CT molecular complexity index is 828. The normalized spacial score (nSPS) is 23.2. The lowest BCUT2D eigenvalue weighted by Crippen LogP contribution is -2.52. The van der Waals surface area contributed by atoms with Crippen LogP contribution in [-0.2, 0) is 19.6 Å². The second-order valence-corrected chi connectivity index (χ2v) is 9.75. The lowest BCUT2D eigenvalue weighted by Gasteiger charge is -2.33. The number of pyridine rings is 1. The van der Waals surface area contributed by atoms with E-state index in [4.69, 9.17) is 5.73 Å². The van der Waals surface area contributed by atoms with Crippen LogP contribution < -0.4 is 11.1 Å². The second kappa shape index (κ2) is 9.19. The zero-order valence-corrected chi connectivity index (χ0v) is 17.7. The average Bonchev–Trinajstić information content (AvgIpc) is 2.83. The molecule has 1 fully saturated rings. The van der Waals surface area contributed by atoms with Crippen LogP contribution >= 0.6 is 0 Å². The number of carbonyl (C=O) groups is 2. The first kappa shape index (κ1) is 23.2. The minimum absolute atomic E-state index is 0.0348. The number of primary amides is 1. The van der Waals surface area contributed by atoms with Crippen LogP contribution in [0, 0.1) is 11.8 Å². The first-order chi connectivity index (χ1) is 13.5. The smallest absolute Gasteiger partial charge is 0.284 e. The van der Waals surface area contributed by atoms with Crippen molar-refractivity contribution in [2.24, 2.45) is 11.1 Å². The number of hydrogen-bond donors (Lipinski definition) is 3. The topological polar surface area (TPSA) is 143 Å². The van der Waals surface area contributed by atoms with Gasteiger partial charge in [0.2, 0.25) is 11.8 Å². The lowest BCUT2D eigenvalue weighted by molar-refractivity contribution is -0.128. The molecule has 9 nitrogen and oxygen atoms in total. The Morgan fingerprint density at radius 3 is 2.66 bits per heavy atom. The van der Waals surface area contributed by atoms with Gasteiger partial charge in [0, 0.05) is 24.2 Å². The molecular formula is C19H29N4O5S. The van der Waals surface area contributed by atoms with Gasteiger partial charge >= 0.3 is 0 Å². The van der Waals surface area contributed by atoms with Crippen LogP contribution in [0.3, 0.4) is 0 Å². The molecule has 0 unspecified atom stereocenters. The summed E-state index contributed by atoms with van der Waals surface area (Å²) in [5, 5.41) is 13.4. The predicted octanol–water partition coefficient (Wildman–Crippen LogP) is 0.206. The molecule has 0 bridgehead atoms. The molecule has 3 atom stereocenters. The fraction of sp³-hybridized carbons (Fsp3) is 0.579. The lowest BCUT2D eigenvalue weighted by atomic mass is 9.87. The fourth-order valence-corrected chi connectivity index (χ4v) is 4.60. The summed E-state index contributed by atoms with van der Waals surface area (Å²) in [5.41, 5.74) is 4.33. The summed E-state index contributed by atoms with van der Waals surface area (Å²) in [4.78, 5) is 28.5. The van der Waals surface area contributed by atoms with Gasteiger partial charge in [-0.3, -0.25) is 9.59 Å². The Hall–Kier alpha value is -2.04. The molecule has 0 aliphatic carbocycles. The summed E-state index contributed by atoms with van der Waals surface area (Å²) in [6.07, 6.45) is 2.21. The van der Waals surface area contributed by atoms with E-state index < -0.39 is 39.4 Å². The monoisotopic (exact) mass is 425 g/mol. The number of β-amino-alcohol motifs (C(OH)–C–C–N with tert-alkyl or cyclic N) is 1. The number of aliphatic hydroxyl groups is 1. The van der Waals surface area contributed by atoms with Crippen molar-refractivity contribution in [2.75, 3.05) is 6.54 Å². The molecular weight excluding hydrogens is 396 g/mol. The van der Waals surface area contributed by atoms with Crippen molar-refractivity contribution in [1.82, 2.24) is 14.6 Å². The first-order valence-electron chi connectivity index (χ1n) is 9.51. The minimum atomic E-state index is -4.32. The quantitative estimate of drug-likeness (QED) is 0.566. The summed E-state index contributed by atoms with van der Waals surface area (Å²) in [5.74, 6) is -1.42. The van der Waals surface area contributed by atoms with Crippen LogP contribution in [0.4, 0.5) is 0 Å². The molecule has 1 aromatic rings. The molecule has 10 heteroatoms. The van der Waals surface area contributed by atoms with Gasteiger partial charge in [-0.15, -0.1) is 0 Å². The highest BCUT2D eigenvalue weighted by Crippen LogP contribution is 2.27. The Balaban J connectivity index is 2.40. The number of hydrogen-bond acceptors (Lipinski definition) is 7. The van der Waals surface area contributed by atoms with Gasteiger partial charge < -0.3 is 16.2 Å². The number of nitrogens with two attached hydrogens (primary N) is 1. The van der Waals surface area contributed by atoms with Gasteiger partial charge in [-0.05, 0) is 38.3 Å². The average molecular weight is 426 g/mol. The van der Waals surface area contributed by atoms with Crippen molar-refractivity contribution in [3.05, 3.63) is 30.8 Å². The zero-order valence-electron chi connectivity index (χ0n) is 16.9. The maximum atomic E-state index is 13.3. The molecule has 1 saturated heterocycles. The van der Waals surface area contributed by atoms with Crippen LogP contribution in [0.1, 0.15) is 40.0 Å². The molecule has 1 radical (unpaired) electrons. The summed E-state index contributed by atoms with van der Waals surface area (Å²) >= 11 is 0. The van der Waals surface area contributed by atoms with Crippen LogP contribution in [0.2, 0.25) is 0 Å². The molecule has 29 heavy (non-hydrogen) atoms. The number of aliphatic hydroxyl groups excluding tert-OH is 1. The van der Waals surface area contributed by atoms with Crippen LogP contribution in [0.25, 0.3) is 0 Å². The van der Waals surface area contributed by atoms with E-state index in [1.165, 1.54) is 18.3 Å². The number of amides is 2. The molecule has 1 aromatic heterocycles. The number of carbonyl (C=O) groups excluding carboxylic acids is 2. The number of sulfonamides is 1. The molecule has 0 aromatic carbocycles. The Morgan fingerprint density at radius 1 is 1.38 bits per heavy atom. The highest BCUT2D eigenvalue weighted by atomic mass is 32.2. The third kappa shape index (κ3) is 5.52. The van der Waals surface area contributed by atoms with E-state index in [0.717, 1.165) is 6.42 Å². The third-order valence-corrected chi connectivity index (χ3v) is 6.89. The van der Waals surface area contributed by atoms with Crippen molar-refractivity contribution in [1.29, 1.82) is 0 Å². The zero-order chi connectivity index (χ0) is 21.8. The highest BCUT2D eigenvalue weighted by molar-refractivity contribution is 7.89. The number of nitrogens with zero attached hydrogens (tertiary/aromatic N) is 2. The van der Waals surface area contributed by atoms with Gasteiger partial charge in [-0.2, -0.15) is 8.42 Å². The molecule has 4 N–H and O–H groups in total. The second-order valence-electron chi connectivity index (χ2n) is 7.98. The molecule has 2 amide bonds. The van der Waals surface area contributed by atoms with E-state index in [9.17, 15) is 23.1 Å². The summed E-state index contributed by atoms with van der Waals surface area (Å²) in [6.45, 7) is 5.22. The van der Waals surface area contributed by atoms with E-state index in [1.807, 2.05) is 6.92 Å². The van der Waals surface area contributed by atoms with E-state index in [2.05, 4.69) is 10.3 Å². The van der Waals surface area contributed by atoms with Crippen molar-refractivity contribution < 1.29 is 23.1 Å². The third-order valence-electron chi connectivity index (χ3n) is 5.15. The van der Waals surface area contributed by atoms with Gasteiger partial charge in [0.25, 0.3) is 10.0 Å². The molecule has 1 aliphatic heterocycles. The Kier molecular flexibility index (Phi) is 7.36. The summed E-state index contributed by atoms with van der Waals surface area (Å²) in [6, 6.07) is 3.49. The van der Waals surface area contributed by atoms with Crippen LogP contribution in [-0.4, -0.2) is 59.4 Å². The van der Waals surface area contributed by atoms with Crippen LogP contribution in [0.5, 0.6) is 0 Å². The Labute approximate surface area is 171 Å². The molecule has 1 aliphatic rings. The predicted molar refractivity (Wildman–Crippen MR) is 107 cm³/mol. The van der Waals surface area contributed by atoms with Crippen LogP contribution in [0.15, 0.2) is 29.4 Å². The number of rotatable bonds is 7. The van der Waals surface area contributed by atoms with E-state index in [0.29, 0.717) is 17.1 Å². The largest absolute Gasteiger partial charge is 0.390 e. The van der Waals surface area contributed by atoms with Crippen molar-refractivity contribution in [3.63, 3.8) is 0 Å². The van der Waals surface area contributed by atoms with E-state index in [-0.39, 0.29) is 24.0 Å². The van der Waals surface area contributed by atoms with Gasteiger partial charge in [-0.1, -0.05) is 19.9 Å². The summed E-state index contributed by atoms with van der Waals surface area (Å²) < 4.78 is 27.2. The standard InChI is InChI=1S/C19H29N4O5S/c1-13-7-8-14(15(24)12-22-13)23(17(25)9-10-19(2,3)18(20)26)29(27,28)16-6-4-5-11-21-16/h4-6,9,11,13-15,22,24H,7-8,10,12H2,1-3H3,(H2,20,26)/t13-,14+,15+/m1/s1. The van der Waals surface area contributed by atoms with Crippen molar-refractivity contribution >= 4 is 21.8 Å². The summed E-state index contributed by atoms with van der Waals surface area (Å²) in [7, 11) is -4.32. The van der Waals surface area contributed by atoms with E-state index >= 15 is 0 Å². The SMILES string of the molecule is C[C@@H]1CC[C@H](N(C(=O)[CH]CC(C)(C)C(N)=O)S(=O)(=O)c2ccccn2)[C@@H](O)CN1. The minimum Gasteiger partial charge on any atom is -0.390 e. The molecule has 0 spiro atoms. The fourth-order valence-electron chi connectivity index (χ4n) is 3.04. The number of nitrogens with one attached hydrogen (secondary N) is 1. The maximum absolute atomic E-state index is 13.3. The van der Waals surface area contributed by atoms with Gasteiger partial charge in [-0.25, -0.2) is 9.29 Å². The number of aromatic nitrogens is 1. The molecule has 0 saturated carbocycles. The molecule has 2 rings (SSSR count). The highest BCUT2D eigenvalue weighted by Gasteiger charge is 2.41. The maximum Gasteiger partial charge on any atom is 0.284 e. The van der Waals surface area contributed by atoms with Gasteiger partial charge in [0.05, 0.1) is 18.6 Å².